The minimum absolute atomic E-state index is 0.0589. The molecule has 0 saturated carbocycles. The lowest BCUT2D eigenvalue weighted by Gasteiger charge is -2.29. The van der Waals surface area contributed by atoms with E-state index in [1.165, 1.54) is 16.6 Å². The third-order valence-electron chi connectivity index (χ3n) is 5.83. The van der Waals surface area contributed by atoms with Crippen molar-refractivity contribution in [1.29, 1.82) is 0 Å². The summed E-state index contributed by atoms with van der Waals surface area (Å²) >= 11 is 0. The van der Waals surface area contributed by atoms with Crippen LogP contribution in [0.4, 0.5) is 15.9 Å². The molecule has 180 valence electrons. The maximum Gasteiger partial charge on any atom is 0.333 e. The topological polar surface area (TPSA) is 112 Å². The summed E-state index contributed by atoms with van der Waals surface area (Å²) in [6.07, 6.45) is 4.32. The van der Waals surface area contributed by atoms with E-state index in [0.717, 1.165) is 19.0 Å². The quantitative estimate of drug-likeness (QED) is 0.274. The molecule has 10 nitrogen and oxygen atoms in total. The number of ether oxygens (including phenoxy) is 2. The average Bonchev–Trinajstić information content (AvgIpc) is 3.45. The minimum Gasteiger partial charge on any atom is -0.492 e. The number of benzene rings is 1. The molecule has 0 bridgehead atoms. The van der Waals surface area contributed by atoms with Gasteiger partial charge in [-0.2, -0.15) is 5.10 Å². The summed E-state index contributed by atoms with van der Waals surface area (Å²) in [5.41, 5.74) is -0.305. The van der Waals surface area contributed by atoms with Gasteiger partial charge >= 0.3 is 11.7 Å². The molecule has 1 aliphatic rings. The first-order valence-electron chi connectivity index (χ1n) is 11.1. The highest BCUT2D eigenvalue weighted by atomic mass is 19.1. The van der Waals surface area contributed by atoms with Gasteiger partial charge in [0, 0.05) is 18.3 Å². The fourth-order valence-corrected chi connectivity index (χ4v) is 4.06. The molecule has 0 amide bonds. The highest BCUT2D eigenvalue weighted by Gasteiger charge is 2.33. The highest BCUT2D eigenvalue weighted by Crippen LogP contribution is 2.40. The zero-order valence-corrected chi connectivity index (χ0v) is 19.2. The Morgan fingerprint density at radius 2 is 2.15 bits per heavy atom. The number of fused-ring (bicyclic) bond motifs is 1. The zero-order valence-electron chi connectivity index (χ0n) is 19.2. The first-order valence-corrected chi connectivity index (χ1v) is 11.1. The lowest BCUT2D eigenvalue weighted by molar-refractivity contribution is -0.383. The summed E-state index contributed by atoms with van der Waals surface area (Å²) in [5.74, 6) is 0.211. The van der Waals surface area contributed by atoms with Crippen LogP contribution in [0, 0.1) is 21.3 Å². The molecule has 1 aromatic carbocycles. The van der Waals surface area contributed by atoms with Gasteiger partial charge in [0.05, 0.1) is 23.0 Å². The average molecular weight is 471 g/mol. The van der Waals surface area contributed by atoms with E-state index in [-0.39, 0.29) is 36.6 Å². The number of rotatable bonds is 8. The molecule has 0 aliphatic carbocycles. The summed E-state index contributed by atoms with van der Waals surface area (Å²) in [4.78, 5) is 29.5. The Hall–Kier alpha value is -3.76. The summed E-state index contributed by atoms with van der Waals surface area (Å²) in [5, 5.41) is 15.3. The number of anilines is 1. The fraction of sp³-hybridized carbons (Fsp3) is 0.435. The van der Waals surface area contributed by atoms with E-state index in [0.29, 0.717) is 23.7 Å². The number of hydrogen-bond acceptors (Lipinski definition) is 8. The van der Waals surface area contributed by atoms with Crippen molar-refractivity contribution < 1.29 is 23.6 Å². The van der Waals surface area contributed by atoms with Gasteiger partial charge < -0.3 is 14.4 Å². The molecule has 34 heavy (non-hydrogen) atoms. The van der Waals surface area contributed by atoms with Crippen LogP contribution in [-0.2, 0) is 9.53 Å². The second kappa shape index (κ2) is 9.24. The van der Waals surface area contributed by atoms with Gasteiger partial charge in [-0.15, -0.1) is 0 Å². The van der Waals surface area contributed by atoms with Crippen LogP contribution in [0.25, 0.3) is 5.65 Å². The van der Waals surface area contributed by atoms with Gasteiger partial charge in [0.1, 0.15) is 30.2 Å². The Labute approximate surface area is 195 Å². The van der Waals surface area contributed by atoms with E-state index >= 15 is 0 Å². The van der Waals surface area contributed by atoms with Crippen molar-refractivity contribution >= 4 is 23.1 Å². The van der Waals surface area contributed by atoms with Crippen molar-refractivity contribution in [1.82, 2.24) is 14.6 Å². The predicted octanol–water partition coefficient (Wildman–Crippen LogP) is 4.09. The Morgan fingerprint density at radius 3 is 2.88 bits per heavy atom. The lowest BCUT2D eigenvalue weighted by atomic mass is 9.95. The van der Waals surface area contributed by atoms with Gasteiger partial charge in [0.2, 0.25) is 5.65 Å². The minimum atomic E-state index is -0.884. The van der Waals surface area contributed by atoms with Crippen molar-refractivity contribution in [2.45, 2.75) is 39.7 Å². The van der Waals surface area contributed by atoms with Gasteiger partial charge in [-0.25, -0.2) is 13.9 Å². The number of aromatic nitrogens is 3. The number of halogens is 1. The van der Waals surface area contributed by atoms with E-state index in [2.05, 4.69) is 10.1 Å². The van der Waals surface area contributed by atoms with Crippen LogP contribution in [-0.4, -0.2) is 45.2 Å². The molecule has 1 saturated heterocycles. The molecule has 1 atom stereocenters. The molecular weight excluding hydrogens is 445 g/mol. The first-order chi connectivity index (χ1) is 16.2. The maximum atomic E-state index is 14.3. The van der Waals surface area contributed by atoms with Crippen molar-refractivity contribution in [2.24, 2.45) is 5.41 Å². The monoisotopic (exact) mass is 471 g/mol. The van der Waals surface area contributed by atoms with Crippen LogP contribution in [0.15, 0.2) is 36.7 Å². The van der Waals surface area contributed by atoms with Crippen LogP contribution in [0.1, 0.15) is 45.2 Å². The van der Waals surface area contributed by atoms with Crippen molar-refractivity contribution in [2.75, 3.05) is 24.7 Å². The Morgan fingerprint density at radius 1 is 1.35 bits per heavy atom. The Balaban J connectivity index is 1.64. The lowest BCUT2D eigenvalue weighted by Crippen LogP contribution is -2.33. The van der Waals surface area contributed by atoms with E-state index in [9.17, 15) is 19.3 Å². The summed E-state index contributed by atoms with van der Waals surface area (Å²) in [6, 6.07) is 5.77. The third kappa shape index (κ3) is 4.50. The third-order valence-corrected chi connectivity index (χ3v) is 5.83. The summed E-state index contributed by atoms with van der Waals surface area (Å²) in [7, 11) is 0. The first kappa shape index (κ1) is 23.4. The van der Waals surface area contributed by atoms with Gasteiger partial charge in [0.15, 0.2) is 0 Å². The van der Waals surface area contributed by atoms with E-state index in [1.54, 1.807) is 39.1 Å². The normalized spacial score (nSPS) is 16.1. The molecule has 0 N–H and O–H groups in total. The SMILES string of the molecule is CCOC(=O)C(C)(C)COc1ccc(F)cc1C1CCCN1c1ccn2ncc([N+](=O)[O-])c2n1. The second-order valence-electron chi connectivity index (χ2n) is 8.77. The molecule has 3 aromatic rings. The number of nitro groups is 1. The number of esters is 1. The van der Waals surface area contributed by atoms with Crippen molar-refractivity contribution in [3.05, 3.63) is 58.2 Å². The van der Waals surface area contributed by atoms with Crippen LogP contribution in [0.5, 0.6) is 5.75 Å². The molecular formula is C23H26FN5O5. The molecule has 1 unspecified atom stereocenters. The maximum absolute atomic E-state index is 14.3. The molecule has 0 spiro atoms. The number of carbonyl (C=O) groups excluding carboxylic acids is 1. The molecule has 1 fully saturated rings. The van der Waals surface area contributed by atoms with Crippen molar-refractivity contribution in [3.63, 3.8) is 0 Å². The molecule has 4 rings (SSSR count). The highest BCUT2D eigenvalue weighted by molar-refractivity contribution is 5.76. The smallest absolute Gasteiger partial charge is 0.333 e. The number of hydrogen-bond donors (Lipinski definition) is 0. The standard InChI is InChI=1S/C23H26FN5O5/c1-4-33-22(30)23(2,3)14-34-19-8-7-15(24)12-16(19)17-6-5-10-27(17)20-9-11-28-21(26-20)18(13-25-28)29(31)32/h7-9,11-13,17H,4-6,10,14H2,1-3H3. The van der Waals surface area contributed by atoms with Gasteiger partial charge in [-0.1, -0.05) is 0 Å². The fourth-order valence-electron chi connectivity index (χ4n) is 4.06. The predicted molar refractivity (Wildman–Crippen MR) is 121 cm³/mol. The van der Waals surface area contributed by atoms with Gasteiger partial charge in [0.25, 0.3) is 0 Å². The molecule has 1 aliphatic heterocycles. The van der Waals surface area contributed by atoms with Crippen LogP contribution >= 0.6 is 0 Å². The van der Waals surface area contributed by atoms with Crippen LogP contribution < -0.4 is 9.64 Å². The summed E-state index contributed by atoms with van der Waals surface area (Å²) < 4.78 is 26.8. The van der Waals surface area contributed by atoms with E-state index in [4.69, 9.17) is 9.47 Å². The van der Waals surface area contributed by atoms with Crippen LogP contribution in [0.3, 0.4) is 0 Å². The Bertz CT molecular complexity index is 1230. The molecule has 11 heteroatoms. The zero-order chi connectivity index (χ0) is 24.5. The van der Waals surface area contributed by atoms with Gasteiger partial charge in [-0.05, 0) is 57.9 Å². The van der Waals surface area contributed by atoms with Crippen molar-refractivity contribution in [3.8, 4) is 5.75 Å². The Kier molecular flexibility index (Phi) is 6.36. The second-order valence-corrected chi connectivity index (χ2v) is 8.77. The summed E-state index contributed by atoms with van der Waals surface area (Å²) in [6.45, 7) is 6.17. The largest absolute Gasteiger partial charge is 0.492 e. The van der Waals surface area contributed by atoms with Crippen LogP contribution in [0.2, 0.25) is 0 Å². The van der Waals surface area contributed by atoms with E-state index in [1.807, 2.05) is 4.90 Å². The molecule has 0 radical (unpaired) electrons. The molecule has 2 aromatic heterocycles. The number of carbonyl (C=O) groups is 1. The number of nitrogens with zero attached hydrogens (tertiary/aromatic N) is 5. The van der Waals surface area contributed by atoms with E-state index < -0.39 is 16.2 Å². The van der Waals surface area contributed by atoms with Gasteiger partial charge in [-0.3, -0.25) is 14.9 Å². The molecule has 3 heterocycles.